The summed E-state index contributed by atoms with van der Waals surface area (Å²) in [6, 6.07) is 5.81. The predicted octanol–water partition coefficient (Wildman–Crippen LogP) is 5.89. The van der Waals surface area contributed by atoms with Gasteiger partial charge in [-0.1, -0.05) is 42.5 Å². The smallest absolute Gasteiger partial charge is 0.229 e. The first-order valence-corrected chi connectivity index (χ1v) is 9.12. The van der Waals surface area contributed by atoms with E-state index < -0.39 is 0 Å². The molecule has 0 bridgehead atoms. The Kier molecular flexibility index (Phi) is 5.47. The number of nitrogens with one attached hydrogen (secondary N) is 2. The predicted molar refractivity (Wildman–Crippen MR) is 102 cm³/mol. The van der Waals surface area contributed by atoms with Crippen LogP contribution >= 0.6 is 23.2 Å². The molecule has 2 N–H and O–H groups in total. The first kappa shape index (κ1) is 17.3. The van der Waals surface area contributed by atoms with Crippen molar-refractivity contribution in [3.63, 3.8) is 0 Å². The van der Waals surface area contributed by atoms with Crippen LogP contribution in [0, 0.1) is 13.8 Å². The molecule has 1 heterocycles. The Bertz CT molecular complexity index is 707. The number of nitrogens with zero attached hydrogens (tertiary/aromatic N) is 2. The highest BCUT2D eigenvalue weighted by Crippen LogP contribution is 2.27. The second-order valence-electron chi connectivity index (χ2n) is 6.37. The SMILES string of the molecule is Cc1nc(Nc2cc(Cl)cc(Cl)c2)nc(NC2CCCCC2)c1C. The molecule has 0 atom stereocenters. The molecule has 0 saturated heterocycles. The molecule has 0 unspecified atom stereocenters. The molecule has 1 fully saturated rings. The summed E-state index contributed by atoms with van der Waals surface area (Å²) in [5.41, 5.74) is 2.83. The highest BCUT2D eigenvalue weighted by Gasteiger charge is 2.16. The van der Waals surface area contributed by atoms with E-state index in [0.717, 1.165) is 22.8 Å². The van der Waals surface area contributed by atoms with E-state index in [4.69, 9.17) is 23.2 Å². The molecule has 4 nitrogen and oxygen atoms in total. The normalized spacial score (nSPS) is 15.3. The number of anilines is 3. The maximum absolute atomic E-state index is 6.06. The van der Waals surface area contributed by atoms with Gasteiger partial charge in [-0.3, -0.25) is 0 Å². The first-order chi connectivity index (χ1) is 11.5. The minimum absolute atomic E-state index is 0.500. The van der Waals surface area contributed by atoms with Crippen LogP contribution in [0.4, 0.5) is 17.5 Å². The zero-order valence-electron chi connectivity index (χ0n) is 14.0. The molecule has 0 radical (unpaired) electrons. The van der Waals surface area contributed by atoms with Gasteiger partial charge in [-0.2, -0.15) is 4.98 Å². The van der Waals surface area contributed by atoms with Crippen molar-refractivity contribution >= 4 is 40.7 Å². The molecule has 0 aliphatic heterocycles. The summed E-state index contributed by atoms with van der Waals surface area (Å²) in [6.45, 7) is 4.06. The van der Waals surface area contributed by atoms with Crippen LogP contribution in [0.25, 0.3) is 0 Å². The summed E-state index contributed by atoms with van der Waals surface area (Å²) < 4.78 is 0. The maximum atomic E-state index is 6.06. The number of rotatable bonds is 4. The van der Waals surface area contributed by atoms with Crippen LogP contribution in [0.3, 0.4) is 0 Å². The van der Waals surface area contributed by atoms with Crippen LogP contribution in [0.2, 0.25) is 10.0 Å². The lowest BCUT2D eigenvalue weighted by Gasteiger charge is -2.24. The molecule has 1 aliphatic rings. The molecule has 1 saturated carbocycles. The number of aromatic nitrogens is 2. The van der Waals surface area contributed by atoms with Gasteiger partial charge in [0.1, 0.15) is 5.82 Å². The lowest BCUT2D eigenvalue weighted by Crippen LogP contribution is -2.24. The van der Waals surface area contributed by atoms with Gasteiger partial charge in [0.05, 0.1) is 0 Å². The zero-order chi connectivity index (χ0) is 17.1. The summed E-state index contributed by atoms with van der Waals surface area (Å²) >= 11 is 12.1. The van der Waals surface area contributed by atoms with E-state index in [9.17, 15) is 0 Å². The van der Waals surface area contributed by atoms with Crippen molar-refractivity contribution < 1.29 is 0 Å². The topological polar surface area (TPSA) is 49.8 Å². The van der Waals surface area contributed by atoms with E-state index in [0.29, 0.717) is 22.0 Å². The minimum atomic E-state index is 0.500. The highest BCUT2D eigenvalue weighted by atomic mass is 35.5. The Labute approximate surface area is 153 Å². The number of hydrogen-bond acceptors (Lipinski definition) is 4. The molecule has 1 aromatic carbocycles. The average molecular weight is 365 g/mol. The minimum Gasteiger partial charge on any atom is -0.367 e. The fraction of sp³-hybridized carbons (Fsp3) is 0.444. The van der Waals surface area contributed by atoms with Crippen molar-refractivity contribution in [1.82, 2.24) is 9.97 Å². The number of aryl methyl sites for hydroxylation is 1. The molecule has 0 spiro atoms. The molecule has 3 rings (SSSR count). The van der Waals surface area contributed by atoms with E-state index in [1.54, 1.807) is 18.2 Å². The molecule has 1 aromatic heterocycles. The highest BCUT2D eigenvalue weighted by molar-refractivity contribution is 6.35. The quantitative estimate of drug-likeness (QED) is 0.709. The van der Waals surface area contributed by atoms with Gasteiger partial charge in [-0.25, -0.2) is 4.98 Å². The monoisotopic (exact) mass is 364 g/mol. The van der Waals surface area contributed by atoms with E-state index in [1.807, 2.05) is 6.92 Å². The Morgan fingerprint density at radius 1 is 0.958 bits per heavy atom. The van der Waals surface area contributed by atoms with Crippen molar-refractivity contribution in [2.75, 3.05) is 10.6 Å². The van der Waals surface area contributed by atoms with Crippen LogP contribution in [-0.4, -0.2) is 16.0 Å². The van der Waals surface area contributed by atoms with Crippen LogP contribution in [0.1, 0.15) is 43.4 Å². The van der Waals surface area contributed by atoms with Gasteiger partial charge >= 0.3 is 0 Å². The summed E-state index contributed by atoms with van der Waals surface area (Å²) in [7, 11) is 0. The zero-order valence-corrected chi connectivity index (χ0v) is 15.5. The van der Waals surface area contributed by atoms with Crippen molar-refractivity contribution in [1.29, 1.82) is 0 Å². The second-order valence-corrected chi connectivity index (χ2v) is 7.24. The number of halogens is 2. The molecule has 128 valence electrons. The third-order valence-corrected chi connectivity index (χ3v) is 4.89. The van der Waals surface area contributed by atoms with E-state index in [2.05, 4.69) is 27.5 Å². The van der Waals surface area contributed by atoms with Gasteiger partial charge in [-0.15, -0.1) is 0 Å². The molecule has 6 heteroatoms. The summed E-state index contributed by atoms with van der Waals surface area (Å²) in [5, 5.41) is 7.95. The van der Waals surface area contributed by atoms with E-state index in [-0.39, 0.29) is 0 Å². The van der Waals surface area contributed by atoms with Crippen molar-refractivity contribution in [3.8, 4) is 0 Å². The summed E-state index contributed by atoms with van der Waals surface area (Å²) in [6.07, 6.45) is 6.31. The average Bonchev–Trinajstić information content (AvgIpc) is 2.52. The molecular weight excluding hydrogens is 343 g/mol. The Balaban J connectivity index is 1.83. The second kappa shape index (κ2) is 7.58. The Hall–Kier alpha value is -1.52. The van der Waals surface area contributed by atoms with Crippen molar-refractivity contribution in [2.45, 2.75) is 52.0 Å². The van der Waals surface area contributed by atoms with Gasteiger partial charge < -0.3 is 10.6 Å². The molecule has 1 aliphatic carbocycles. The molecule has 2 aromatic rings. The molecule has 24 heavy (non-hydrogen) atoms. The number of hydrogen-bond donors (Lipinski definition) is 2. The van der Waals surface area contributed by atoms with Crippen molar-refractivity contribution in [3.05, 3.63) is 39.5 Å². The maximum Gasteiger partial charge on any atom is 0.229 e. The van der Waals surface area contributed by atoms with Gasteiger partial charge in [0.15, 0.2) is 0 Å². The van der Waals surface area contributed by atoms with Crippen LogP contribution < -0.4 is 10.6 Å². The van der Waals surface area contributed by atoms with Crippen LogP contribution in [-0.2, 0) is 0 Å². The van der Waals surface area contributed by atoms with E-state index in [1.165, 1.54) is 32.1 Å². The third kappa shape index (κ3) is 4.31. The standard InChI is InChI=1S/C18H22Cl2N4/c1-11-12(2)21-18(23-16-9-13(19)8-14(20)10-16)24-17(11)22-15-6-4-3-5-7-15/h8-10,15H,3-7H2,1-2H3,(H2,21,22,23,24). The van der Waals surface area contributed by atoms with Gasteiger partial charge in [0.2, 0.25) is 5.95 Å². The van der Waals surface area contributed by atoms with Crippen LogP contribution in [0.5, 0.6) is 0 Å². The molecule has 0 amide bonds. The number of benzene rings is 1. The Morgan fingerprint density at radius 2 is 1.62 bits per heavy atom. The van der Waals surface area contributed by atoms with Gasteiger partial charge in [0, 0.05) is 33.0 Å². The summed E-state index contributed by atoms with van der Waals surface area (Å²) in [5.74, 6) is 1.46. The summed E-state index contributed by atoms with van der Waals surface area (Å²) in [4.78, 5) is 9.20. The lowest BCUT2D eigenvalue weighted by atomic mass is 9.95. The largest absolute Gasteiger partial charge is 0.367 e. The fourth-order valence-corrected chi connectivity index (χ4v) is 3.55. The lowest BCUT2D eigenvalue weighted by molar-refractivity contribution is 0.461. The molecular formula is C18H22Cl2N4. The van der Waals surface area contributed by atoms with E-state index >= 15 is 0 Å². The van der Waals surface area contributed by atoms with Gasteiger partial charge in [-0.05, 0) is 44.9 Å². The Morgan fingerprint density at radius 3 is 2.29 bits per heavy atom. The fourth-order valence-electron chi connectivity index (χ4n) is 3.02. The van der Waals surface area contributed by atoms with Gasteiger partial charge in [0.25, 0.3) is 0 Å². The van der Waals surface area contributed by atoms with Crippen molar-refractivity contribution in [2.24, 2.45) is 0 Å². The third-order valence-electron chi connectivity index (χ3n) is 4.45. The van der Waals surface area contributed by atoms with Crippen LogP contribution in [0.15, 0.2) is 18.2 Å². The first-order valence-electron chi connectivity index (χ1n) is 8.36.